The average Bonchev–Trinajstić information content (AvgIpc) is 2.68. The third-order valence-corrected chi connectivity index (χ3v) is 5.49. The average molecular weight is 386 g/mol. The third-order valence-electron chi connectivity index (χ3n) is 3.65. The summed E-state index contributed by atoms with van der Waals surface area (Å²) in [6.07, 6.45) is 0. The van der Waals surface area contributed by atoms with Gasteiger partial charge >= 0.3 is 5.97 Å². The van der Waals surface area contributed by atoms with Gasteiger partial charge in [-0.25, -0.2) is 0 Å². The van der Waals surface area contributed by atoms with Gasteiger partial charge in [-0.05, 0) is 37.1 Å². The number of benzene rings is 3. The fourth-order valence-corrected chi connectivity index (χ4v) is 3.97. The highest BCUT2D eigenvalue weighted by atomic mass is 32.2. The first-order valence-electron chi connectivity index (χ1n) is 8.20. The molecule has 0 saturated heterocycles. The molecule has 0 unspecified atom stereocenters. The molecular formula is C20H19NO3S2. The molecule has 0 radical (unpaired) electrons. The van der Waals surface area contributed by atoms with Crippen LogP contribution in [-0.4, -0.2) is 23.4 Å². The molecule has 0 aromatic heterocycles. The van der Waals surface area contributed by atoms with E-state index >= 15 is 0 Å². The minimum Gasteiger partial charge on any atom is -0.506 e. The first-order valence-corrected chi connectivity index (χ1v) is 10.00. The van der Waals surface area contributed by atoms with Crippen LogP contribution in [-0.2, 0) is 9.53 Å². The quantitative estimate of drug-likeness (QED) is 0.248. The molecule has 0 atom stereocenters. The Morgan fingerprint density at radius 2 is 1.77 bits per heavy atom. The predicted octanol–water partition coefficient (Wildman–Crippen LogP) is 5.32. The normalized spacial score (nSPS) is 10.7. The summed E-state index contributed by atoms with van der Waals surface area (Å²) in [5, 5.41) is 12.3. The van der Waals surface area contributed by atoms with E-state index in [1.807, 2.05) is 60.7 Å². The molecule has 0 fully saturated rings. The Balaban J connectivity index is 1.88. The van der Waals surface area contributed by atoms with Crippen LogP contribution in [0.4, 0.5) is 5.69 Å². The summed E-state index contributed by atoms with van der Waals surface area (Å²) in [6.45, 7) is 2.13. The lowest BCUT2D eigenvalue weighted by molar-refractivity contribution is -0.139. The van der Waals surface area contributed by atoms with Gasteiger partial charge in [-0.1, -0.05) is 42.5 Å². The molecule has 4 nitrogen and oxygen atoms in total. The van der Waals surface area contributed by atoms with Crippen molar-refractivity contribution >= 4 is 46.1 Å². The SMILES string of the molecule is CCOC(=O)CSc1cc(NSc2ccccc2)c2ccccc2c1O. The van der Waals surface area contributed by atoms with Gasteiger partial charge in [0.15, 0.2) is 0 Å². The number of rotatable bonds is 7. The van der Waals surface area contributed by atoms with Crippen molar-refractivity contribution in [3.63, 3.8) is 0 Å². The van der Waals surface area contributed by atoms with Crippen LogP contribution in [0.3, 0.4) is 0 Å². The zero-order valence-electron chi connectivity index (χ0n) is 14.3. The number of anilines is 1. The lowest BCUT2D eigenvalue weighted by Gasteiger charge is -2.14. The summed E-state index contributed by atoms with van der Waals surface area (Å²) in [7, 11) is 0. The summed E-state index contributed by atoms with van der Waals surface area (Å²) in [4.78, 5) is 13.4. The number of thioether (sulfide) groups is 1. The van der Waals surface area contributed by atoms with E-state index < -0.39 is 0 Å². The molecule has 26 heavy (non-hydrogen) atoms. The number of fused-ring (bicyclic) bond motifs is 1. The van der Waals surface area contributed by atoms with Gasteiger partial charge in [-0.3, -0.25) is 4.79 Å². The standard InChI is InChI=1S/C20H19NO3S2/c1-2-24-19(22)13-25-18-12-17(21-26-14-8-4-3-5-9-14)15-10-6-7-11-16(15)20(18)23/h3-12,21,23H,2,13H2,1H3. The number of hydrogen-bond donors (Lipinski definition) is 2. The zero-order chi connectivity index (χ0) is 18.4. The minimum absolute atomic E-state index is 0.158. The Kier molecular flexibility index (Phi) is 6.30. The van der Waals surface area contributed by atoms with E-state index in [1.165, 1.54) is 23.7 Å². The van der Waals surface area contributed by atoms with E-state index in [9.17, 15) is 9.90 Å². The van der Waals surface area contributed by atoms with Crippen LogP contribution in [0.2, 0.25) is 0 Å². The number of nitrogens with one attached hydrogen (secondary N) is 1. The van der Waals surface area contributed by atoms with E-state index in [2.05, 4.69) is 4.72 Å². The summed E-state index contributed by atoms with van der Waals surface area (Å²) in [5.41, 5.74) is 0.888. The highest BCUT2D eigenvalue weighted by Crippen LogP contribution is 2.41. The molecule has 3 aromatic rings. The van der Waals surface area contributed by atoms with E-state index in [0.29, 0.717) is 11.5 Å². The molecule has 0 saturated carbocycles. The topological polar surface area (TPSA) is 58.6 Å². The number of ether oxygens (including phenoxy) is 1. The number of hydrogen-bond acceptors (Lipinski definition) is 6. The first kappa shape index (κ1) is 18.5. The highest BCUT2D eigenvalue weighted by Gasteiger charge is 2.14. The highest BCUT2D eigenvalue weighted by molar-refractivity contribution is 8.00. The third kappa shape index (κ3) is 4.45. The van der Waals surface area contributed by atoms with Gasteiger partial charge in [0.05, 0.1) is 22.9 Å². The number of phenolic OH excluding ortho intramolecular Hbond substituents is 1. The smallest absolute Gasteiger partial charge is 0.316 e. The van der Waals surface area contributed by atoms with Crippen LogP contribution in [0.5, 0.6) is 5.75 Å². The number of carbonyl (C=O) groups is 1. The Labute approximate surface area is 161 Å². The second kappa shape index (κ2) is 8.87. The molecule has 0 spiro atoms. The zero-order valence-corrected chi connectivity index (χ0v) is 15.9. The Bertz CT molecular complexity index is 900. The molecule has 134 valence electrons. The van der Waals surface area contributed by atoms with Crippen molar-refractivity contribution in [2.75, 3.05) is 17.1 Å². The largest absolute Gasteiger partial charge is 0.506 e. The molecule has 0 aliphatic carbocycles. The van der Waals surface area contributed by atoms with Crippen molar-refractivity contribution in [3.05, 3.63) is 60.7 Å². The number of carbonyl (C=O) groups excluding carboxylic acids is 1. The Morgan fingerprint density at radius 3 is 2.50 bits per heavy atom. The molecule has 0 aliphatic heterocycles. The predicted molar refractivity (Wildman–Crippen MR) is 109 cm³/mol. The molecule has 3 rings (SSSR count). The lowest BCUT2D eigenvalue weighted by Crippen LogP contribution is -2.06. The summed E-state index contributed by atoms with van der Waals surface area (Å²) in [6, 6.07) is 19.5. The molecule has 0 heterocycles. The second-order valence-electron chi connectivity index (χ2n) is 5.43. The molecule has 2 N–H and O–H groups in total. The van der Waals surface area contributed by atoms with Crippen molar-refractivity contribution in [1.82, 2.24) is 0 Å². The molecular weight excluding hydrogens is 366 g/mol. The first-order chi connectivity index (χ1) is 12.7. The van der Waals surface area contributed by atoms with Gasteiger partial charge in [-0.2, -0.15) is 0 Å². The lowest BCUT2D eigenvalue weighted by atomic mass is 10.1. The molecule has 0 bridgehead atoms. The molecule has 3 aromatic carbocycles. The Morgan fingerprint density at radius 1 is 1.08 bits per heavy atom. The monoisotopic (exact) mass is 385 g/mol. The molecule has 6 heteroatoms. The maximum Gasteiger partial charge on any atom is 0.316 e. The van der Waals surface area contributed by atoms with E-state index in [4.69, 9.17) is 4.74 Å². The fourth-order valence-electron chi connectivity index (χ4n) is 2.47. The maximum absolute atomic E-state index is 11.6. The van der Waals surface area contributed by atoms with Crippen molar-refractivity contribution in [3.8, 4) is 5.75 Å². The van der Waals surface area contributed by atoms with Crippen LogP contribution in [0, 0.1) is 0 Å². The minimum atomic E-state index is -0.293. The van der Waals surface area contributed by atoms with Crippen molar-refractivity contribution in [1.29, 1.82) is 0 Å². The second-order valence-corrected chi connectivity index (χ2v) is 7.32. The van der Waals surface area contributed by atoms with E-state index in [1.54, 1.807) is 6.92 Å². The van der Waals surface area contributed by atoms with Crippen molar-refractivity contribution in [2.24, 2.45) is 0 Å². The molecule has 0 aliphatic rings. The van der Waals surface area contributed by atoms with Crippen LogP contribution in [0.15, 0.2) is 70.5 Å². The summed E-state index contributed by atoms with van der Waals surface area (Å²) >= 11 is 2.77. The van der Waals surface area contributed by atoms with Crippen LogP contribution in [0.25, 0.3) is 10.8 Å². The summed E-state index contributed by atoms with van der Waals surface area (Å²) < 4.78 is 8.33. The van der Waals surface area contributed by atoms with Gasteiger partial charge in [0.2, 0.25) is 0 Å². The van der Waals surface area contributed by atoms with Crippen LogP contribution in [0.1, 0.15) is 6.92 Å². The van der Waals surface area contributed by atoms with E-state index in [-0.39, 0.29) is 17.5 Å². The van der Waals surface area contributed by atoms with Gasteiger partial charge < -0.3 is 14.6 Å². The number of esters is 1. The molecule has 0 amide bonds. The Hall–Kier alpha value is -2.31. The van der Waals surface area contributed by atoms with Crippen molar-refractivity contribution in [2.45, 2.75) is 16.7 Å². The van der Waals surface area contributed by atoms with Gasteiger partial charge in [0, 0.05) is 15.7 Å². The van der Waals surface area contributed by atoms with Gasteiger partial charge in [0.1, 0.15) is 5.75 Å². The van der Waals surface area contributed by atoms with E-state index in [0.717, 1.165) is 21.4 Å². The van der Waals surface area contributed by atoms with Gasteiger partial charge in [0.25, 0.3) is 0 Å². The number of phenols is 1. The van der Waals surface area contributed by atoms with Crippen molar-refractivity contribution < 1.29 is 14.6 Å². The van der Waals surface area contributed by atoms with Crippen LogP contribution < -0.4 is 4.72 Å². The summed E-state index contributed by atoms with van der Waals surface area (Å²) in [5.74, 6) is 0.0498. The fraction of sp³-hybridized carbons (Fsp3) is 0.150. The van der Waals surface area contributed by atoms with Gasteiger partial charge in [-0.15, -0.1) is 11.8 Å². The number of aromatic hydroxyl groups is 1. The maximum atomic E-state index is 11.6. The van der Waals surface area contributed by atoms with Crippen LogP contribution >= 0.6 is 23.7 Å².